The molecule has 0 bridgehead atoms. The molecule has 1 spiro atoms. The van der Waals surface area contributed by atoms with E-state index in [9.17, 15) is 0 Å². The van der Waals surface area contributed by atoms with E-state index in [1.165, 1.54) is 240 Å². The normalized spacial score (nSPS) is 14.8. The zero-order chi connectivity index (χ0) is 95.0. The number of aryl methyl sites for hydroxylation is 4. The SMILES string of the molecule is Cc1ccc(N(c2ccc(/C=C/c3ccc(C=C4CCCCC4)cc3)cc2)c2ccc3c(c2)C2(c4cc(N(c5ccc(C)cc5)c5ccc(/C=C/c6ccc(C=C7CCCCC7)cc6)cc5)ccc4-3)c3cc(N(c4ccc(C)cc4)c4ccc(/C=C/c5ccc(C=C6CCCCC6)cc5)cc4)ccc3-c3ccc(N(c4ccc(C)cc4)c4ccc(/C=C/c5ccc(C=C6CCCCC6)cc5)cc4)cc32)cc1. The molecule has 4 saturated carbocycles. The van der Waals surface area contributed by atoms with Gasteiger partial charge in [-0.05, 0) is 387 Å². The van der Waals surface area contributed by atoms with Crippen LogP contribution in [0, 0.1) is 27.7 Å². The summed E-state index contributed by atoms with van der Waals surface area (Å²) in [6, 6.07) is 139. The van der Waals surface area contributed by atoms with E-state index in [-0.39, 0.29) is 0 Å². The second kappa shape index (κ2) is 41.4. The van der Waals surface area contributed by atoms with Crippen LogP contribution < -0.4 is 19.6 Å². The molecule has 0 aliphatic heterocycles. The van der Waals surface area contributed by atoms with Crippen molar-refractivity contribution in [3.05, 3.63) is 498 Å². The highest BCUT2D eigenvalue weighted by molar-refractivity contribution is 6.01. The fourth-order valence-electron chi connectivity index (χ4n) is 22.4. The molecule has 0 atom stereocenters. The van der Waals surface area contributed by atoms with Crippen LogP contribution >= 0.6 is 0 Å². The van der Waals surface area contributed by atoms with Gasteiger partial charge >= 0.3 is 0 Å². The molecule has 0 amide bonds. The standard InChI is InChI=1S/C137H124N4/c1-97-25-65-117(66-26-97)138(121-73-57-105(58-74-121)37-33-101-41-49-113(50-42-101)89-109-17-9-5-10-18-109)125-81-85-129-130-86-82-126(139(118-67-27-98(2)28-68-118)122-75-59-106(60-76-122)38-34-102-43-51-114(52-44-102)90-110-19-11-6-12-20-110)94-134(130)137(133(129)93-125)135-95-127(140(119-69-29-99(3)30-70-119)123-77-61-107(62-78-123)39-35-103-45-53-115(54-46-103)91-111-21-13-7-14-22-111)83-87-131(135)132-88-84-128(96-136(132)137)141(120-71-31-100(4)32-72-120)124-79-63-108(64-80-124)40-36-104-47-55-116(56-48-104)92-112-23-15-8-16-24-112/h25-96H,5-24H2,1-4H3/b37-33+,38-34+,39-35+,40-36+. The van der Waals surface area contributed by atoms with Crippen molar-refractivity contribution in [2.24, 2.45) is 0 Å². The van der Waals surface area contributed by atoms with Crippen molar-refractivity contribution in [3.63, 3.8) is 0 Å². The minimum absolute atomic E-state index is 0.985. The maximum atomic E-state index is 2.57. The Hall–Kier alpha value is -15.4. The van der Waals surface area contributed by atoms with Gasteiger partial charge in [0.1, 0.15) is 0 Å². The third-order valence-corrected chi connectivity index (χ3v) is 30.1. The van der Waals surface area contributed by atoms with E-state index in [0.717, 1.165) is 90.5 Å². The summed E-state index contributed by atoms with van der Waals surface area (Å²) in [7, 11) is 0. The molecule has 141 heavy (non-hydrogen) atoms. The predicted octanol–water partition coefficient (Wildman–Crippen LogP) is 39.2. The van der Waals surface area contributed by atoms with E-state index >= 15 is 0 Å². The number of anilines is 12. The second-order valence-corrected chi connectivity index (χ2v) is 40.2. The van der Waals surface area contributed by atoms with E-state index in [0.29, 0.717) is 0 Å². The minimum atomic E-state index is -0.985. The van der Waals surface area contributed by atoms with E-state index in [2.05, 4.69) is 484 Å². The van der Waals surface area contributed by atoms with E-state index in [1.807, 2.05) is 0 Å². The van der Waals surface area contributed by atoms with Gasteiger partial charge in [0.2, 0.25) is 0 Å². The van der Waals surface area contributed by atoms with Crippen LogP contribution in [0.5, 0.6) is 0 Å². The monoisotopic (exact) mass is 1820 g/mol. The van der Waals surface area contributed by atoms with Crippen LogP contribution in [-0.2, 0) is 5.41 Å². The van der Waals surface area contributed by atoms with E-state index in [4.69, 9.17) is 0 Å². The average molecular weight is 1830 g/mol. The lowest BCUT2D eigenvalue weighted by atomic mass is 9.70. The van der Waals surface area contributed by atoms with Gasteiger partial charge in [-0.25, -0.2) is 0 Å². The first-order valence-electron chi connectivity index (χ1n) is 51.8. The molecule has 0 unspecified atom stereocenters. The first kappa shape index (κ1) is 90.8. The van der Waals surface area contributed by atoms with Gasteiger partial charge in [0.25, 0.3) is 0 Å². The van der Waals surface area contributed by atoms with Gasteiger partial charge < -0.3 is 19.6 Å². The van der Waals surface area contributed by atoms with Crippen molar-refractivity contribution in [2.45, 2.75) is 162 Å². The molecule has 16 aromatic carbocycles. The Bertz CT molecular complexity index is 6510. The summed E-state index contributed by atoms with van der Waals surface area (Å²) in [5.41, 5.74) is 46.8. The van der Waals surface area contributed by atoms with Crippen molar-refractivity contribution in [3.8, 4) is 22.3 Å². The Balaban J connectivity index is 0.717. The summed E-state index contributed by atoms with van der Waals surface area (Å²) in [5, 5.41) is 0. The van der Waals surface area contributed by atoms with Gasteiger partial charge in [0.15, 0.2) is 0 Å². The summed E-state index contributed by atoms with van der Waals surface area (Å²) in [5.74, 6) is 0. The molecule has 692 valence electrons. The lowest BCUT2D eigenvalue weighted by molar-refractivity contribution is 0.602. The predicted molar refractivity (Wildman–Crippen MR) is 606 cm³/mol. The molecule has 0 saturated heterocycles. The number of nitrogens with zero attached hydrogens (tertiary/aromatic N) is 4. The molecule has 22 rings (SSSR count). The maximum absolute atomic E-state index is 2.57. The summed E-state index contributed by atoms with van der Waals surface area (Å²) < 4.78 is 0. The van der Waals surface area contributed by atoms with Gasteiger partial charge in [-0.15, -0.1) is 0 Å². The zero-order valence-corrected chi connectivity index (χ0v) is 82.0. The first-order valence-corrected chi connectivity index (χ1v) is 51.8. The molecule has 6 aliphatic rings. The van der Waals surface area contributed by atoms with Crippen molar-refractivity contribution in [2.75, 3.05) is 19.6 Å². The largest absolute Gasteiger partial charge is 0.310 e. The van der Waals surface area contributed by atoms with Gasteiger partial charge in [0, 0.05) is 68.2 Å². The lowest BCUT2D eigenvalue weighted by Crippen LogP contribution is -2.27. The molecule has 4 heteroatoms. The van der Waals surface area contributed by atoms with Crippen LogP contribution in [0.2, 0.25) is 0 Å². The molecule has 0 heterocycles. The Morgan fingerprint density at radius 3 is 0.468 bits per heavy atom. The number of rotatable bonds is 24. The molecule has 16 aromatic rings. The van der Waals surface area contributed by atoms with Crippen LogP contribution in [0.1, 0.15) is 240 Å². The number of fused-ring (bicyclic) bond motifs is 10. The van der Waals surface area contributed by atoms with Crippen molar-refractivity contribution >= 4 is 141 Å². The fraction of sp³-hybridized carbons (Fsp3) is 0.182. The number of allylic oxidation sites excluding steroid dienone is 4. The summed E-state index contributed by atoms with van der Waals surface area (Å²) >= 11 is 0. The summed E-state index contributed by atoms with van der Waals surface area (Å²) in [4.78, 5) is 9.94. The highest BCUT2D eigenvalue weighted by Crippen LogP contribution is 2.66. The quantitative estimate of drug-likeness (QED) is 0.0559. The highest BCUT2D eigenvalue weighted by atomic mass is 15.2. The molecule has 6 aliphatic carbocycles. The lowest BCUT2D eigenvalue weighted by Gasteiger charge is -2.35. The zero-order valence-electron chi connectivity index (χ0n) is 82.0. The Labute approximate surface area is 836 Å². The Morgan fingerprint density at radius 1 is 0.156 bits per heavy atom. The van der Waals surface area contributed by atoms with Crippen LogP contribution in [0.3, 0.4) is 0 Å². The summed E-state index contributed by atoms with van der Waals surface area (Å²) in [6.45, 7) is 8.76. The fourth-order valence-corrected chi connectivity index (χ4v) is 22.4. The molecule has 0 radical (unpaired) electrons. The van der Waals surface area contributed by atoms with Crippen LogP contribution in [0.4, 0.5) is 68.2 Å². The van der Waals surface area contributed by atoms with Crippen LogP contribution in [0.25, 0.3) is 95.2 Å². The average Bonchev–Trinajstić information content (AvgIpc) is 1.50. The van der Waals surface area contributed by atoms with Crippen LogP contribution in [-0.4, -0.2) is 0 Å². The maximum Gasteiger partial charge on any atom is 0.0728 e. The highest BCUT2D eigenvalue weighted by Gasteiger charge is 2.53. The van der Waals surface area contributed by atoms with Gasteiger partial charge in [-0.1, -0.05) is 362 Å². The van der Waals surface area contributed by atoms with Crippen molar-refractivity contribution in [1.82, 2.24) is 0 Å². The summed E-state index contributed by atoms with van der Waals surface area (Å²) in [6.07, 6.45) is 53.2. The number of hydrogen-bond donors (Lipinski definition) is 0. The Morgan fingerprint density at radius 2 is 0.298 bits per heavy atom. The topological polar surface area (TPSA) is 13.0 Å². The molecule has 0 aromatic heterocycles. The molecule has 0 N–H and O–H groups in total. The molecular formula is C137H124N4. The second-order valence-electron chi connectivity index (χ2n) is 40.2. The smallest absolute Gasteiger partial charge is 0.0728 e. The third kappa shape index (κ3) is 20.2. The number of hydrogen-bond acceptors (Lipinski definition) is 4. The Kier molecular flexibility index (Phi) is 26.6. The van der Waals surface area contributed by atoms with Crippen molar-refractivity contribution in [1.29, 1.82) is 0 Å². The molecule has 4 fully saturated rings. The minimum Gasteiger partial charge on any atom is -0.310 e. The van der Waals surface area contributed by atoms with Gasteiger partial charge in [0.05, 0.1) is 5.41 Å². The van der Waals surface area contributed by atoms with Gasteiger partial charge in [-0.3, -0.25) is 0 Å². The van der Waals surface area contributed by atoms with Crippen molar-refractivity contribution < 1.29 is 0 Å². The van der Waals surface area contributed by atoms with Gasteiger partial charge in [-0.2, -0.15) is 0 Å². The van der Waals surface area contributed by atoms with E-state index < -0.39 is 5.41 Å². The third-order valence-electron chi connectivity index (χ3n) is 30.1. The van der Waals surface area contributed by atoms with E-state index in [1.54, 1.807) is 22.3 Å². The first-order chi connectivity index (χ1) is 69.4. The molecule has 4 nitrogen and oxygen atoms in total. The van der Waals surface area contributed by atoms with Crippen LogP contribution in [0.15, 0.2) is 386 Å². The number of benzene rings is 16. The molecular weight excluding hydrogens is 1700 g/mol.